The molecule has 1 aromatic heterocycles. The Balaban J connectivity index is 1.31. The van der Waals surface area contributed by atoms with Crippen LogP contribution in [-0.4, -0.2) is 53.7 Å². The number of hydrogen-bond acceptors (Lipinski definition) is 6. The fourth-order valence-electron chi connectivity index (χ4n) is 5.13. The fraction of sp³-hybridized carbons (Fsp3) is 0.560. The number of hydrogen-bond donors (Lipinski definition) is 2. The molecule has 0 bridgehead atoms. The maximum atomic E-state index is 12.6. The number of piperidine rings is 1. The first-order chi connectivity index (χ1) is 15.8. The summed E-state index contributed by atoms with van der Waals surface area (Å²) in [6.45, 7) is 4.46. The second-order valence-corrected chi connectivity index (χ2v) is 9.21. The van der Waals surface area contributed by atoms with Crippen LogP contribution >= 0.6 is 0 Å². The smallest absolute Gasteiger partial charge is 0.336 e. The molecule has 0 radical (unpaired) electrons. The van der Waals surface area contributed by atoms with Gasteiger partial charge >= 0.3 is 5.63 Å². The molecule has 2 N–H and O–H groups in total. The summed E-state index contributed by atoms with van der Waals surface area (Å²) in [5.74, 6) is 0.0182. The summed E-state index contributed by atoms with van der Waals surface area (Å²) in [5.41, 5.74) is 0.954. The summed E-state index contributed by atoms with van der Waals surface area (Å²) < 4.78 is 11.0. The monoisotopic (exact) mass is 456 g/mol. The van der Waals surface area contributed by atoms with Crippen LogP contribution < -0.4 is 15.7 Å². The number of nitrogens with one attached hydrogen (secondary N) is 1. The molecule has 8 nitrogen and oxygen atoms in total. The third kappa shape index (κ3) is 4.90. The number of benzene rings is 1. The Bertz CT molecular complexity index is 1110. The van der Waals surface area contributed by atoms with Crippen LogP contribution in [0.4, 0.5) is 0 Å². The van der Waals surface area contributed by atoms with E-state index in [0.717, 1.165) is 36.6 Å². The van der Waals surface area contributed by atoms with Gasteiger partial charge in [-0.2, -0.15) is 0 Å². The normalized spacial score (nSPS) is 22.6. The minimum atomic E-state index is -0.638. The summed E-state index contributed by atoms with van der Waals surface area (Å²) >= 11 is 0. The first-order valence-electron chi connectivity index (χ1n) is 11.8. The Labute approximate surface area is 192 Å². The van der Waals surface area contributed by atoms with Gasteiger partial charge < -0.3 is 24.5 Å². The first-order valence-corrected chi connectivity index (χ1v) is 11.8. The zero-order valence-corrected chi connectivity index (χ0v) is 19.3. The molecule has 2 amide bonds. The van der Waals surface area contributed by atoms with E-state index in [1.54, 1.807) is 17.9 Å². The molecule has 1 aromatic carbocycles. The largest absolute Gasteiger partial charge is 0.483 e. The van der Waals surface area contributed by atoms with Crippen molar-refractivity contribution in [3.05, 3.63) is 39.7 Å². The number of rotatable bonds is 6. The molecule has 1 aliphatic heterocycles. The molecule has 2 aliphatic rings. The van der Waals surface area contributed by atoms with E-state index in [0.29, 0.717) is 42.8 Å². The lowest BCUT2D eigenvalue weighted by molar-refractivity contribution is -0.143. The Kier molecular flexibility index (Phi) is 6.74. The molecule has 4 rings (SSSR count). The summed E-state index contributed by atoms with van der Waals surface area (Å²) in [4.78, 5) is 38.5. The Morgan fingerprint density at radius 3 is 2.91 bits per heavy atom. The van der Waals surface area contributed by atoms with Gasteiger partial charge in [0.2, 0.25) is 5.91 Å². The van der Waals surface area contributed by atoms with Crippen molar-refractivity contribution in [2.24, 2.45) is 5.92 Å². The predicted octanol–water partition coefficient (Wildman–Crippen LogP) is 2.31. The van der Waals surface area contributed by atoms with Crippen molar-refractivity contribution in [2.75, 3.05) is 26.2 Å². The van der Waals surface area contributed by atoms with Gasteiger partial charge in [-0.05, 0) is 50.3 Å². The molecule has 2 fully saturated rings. The van der Waals surface area contributed by atoms with Crippen molar-refractivity contribution in [1.29, 1.82) is 0 Å². The van der Waals surface area contributed by atoms with Gasteiger partial charge in [-0.1, -0.05) is 19.8 Å². The van der Waals surface area contributed by atoms with E-state index in [1.807, 2.05) is 13.0 Å². The molecule has 1 saturated heterocycles. The predicted molar refractivity (Wildman–Crippen MR) is 123 cm³/mol. The van der Waals surface area contributed by atoms with E-state index in [1.165, 1.54) is 6.07 Å². The minimum Gasteiger partial charge on any atom is -0.483 e. The highest BCUT2D eigenvalue weighted by atomic mass is 16.5. The van der Waals surface area contributed by atoms with Crippen LogP contribution in [0.2, 0.25) is 0 Å². The van der Waals surface area contributed by atoms with Gasteiger partial charge in [0.25, 0.3) is 5.91 Å². The third-order valence-electron chi connectivity index (χ3n) is 7.15. The lowest BCUT2D eigenvalue weighted by Gasteiger charge is -2.47. The maximum Gasteiger partial charge on any atom is 0.336 e. The average Bonchev–Trinajstić information content (AvgIpc) is 2.81. The van der Waals surface area contributed by atoms with E-state index < -0.39 is 17.1 Å². The van der Waals surface area contributed by atoms with Crippen molar-refractivity contribution in [1.82, 2.24) is 10.2 Å². The molecule has 1 aliphatic carbocycles. The topological polar surface area (TPSA) is 109 Å². The number of amides is 2. The zero-order valence-electron chi connectivity index (χ0n) is 19.3. The Morgan fingerprint density at radius 2 is 2.12 bits per heavy atom. The number of carbonyl (C=O) groups excluding carboxylic acids is 2. The SMILES string of the molecule is CCc1cc(=O)oc2c(C)c(OCC(=O)NCC(=O)N3CC[C@]4(O)CCCC[C@@H]4C3)ccc12. The third-order valence-corrected chi connectivity index (χ3v) is 7.15. The van der Waals surface area contributed by atoms with E-state index in [2.05, 4.69) is 5.32 Å². The summed E-state index contributed by atoms with van der Waals surface area (Å²) in [7, 11) is 0. The van der Waals surface area contributed by atoms with Crippen LogP contribution in [-0.2, 0) is 16.0 Å². The molecule has 2 aromatic rings. The number of aliphatic hydroxyl groups is 1. The molecule has 1 saturated carbocycles. The molecule has 0 unspecified atom stereocenters. The van der Waals surface area contributed by atoms with Crippen molar-refractivity contribution in [3.8, 4) is 5.75 Å². The maximum absolute atomic E-state index is 12.6. The molecule has 33 heavy (non-hydrogen) atoms. The van der Waals surface area contributed by atoms with Gasteiger partial charge in [0, 0.05) is 36.0 Å². The molecule has 8 heteroatoms. The first kappa shape index (κ1) is 23.3. The van der Waals surface area contributed by atoms with Crippen LogP contribution in [0.15, 0.2) is 27.4 Å². The Hall–Kier alpha value is -2.87. The van der Waals surface area contributed by atoms with Crippen LogP contribution in [0, 0.1) is 12.8 Å². The number of likely N-dealkylation sites (tertiary alicyclic amines) is 1. The number of nitrogens with zero attached hydrogens (tertiary/aromatic N) is 1. The highest BCUT2D eigenvalue weighted by Crippen LogP contribution is 2.39. The van der Waals surface area contributed by atoms with Crippen LogP contribution in [0.5, 0.6) is 5.75 Å². The van der Waals surface area contributed by atoms with E-state index in [9.17, 15) is 19.5 Å². The fourth-order valence-corrected chi connectivity index (χ4v) is 5.13. The molecule has 0 spiro atoms. The van der Waals surface area contributed by atoms with Gasteiger partial charge in [-0.3, -0.25) is 9.59 Å². The second-order valence-electron chi connectivity index (χ2n) is 9.21. The molecule has 2 atom stereocenters. The van der Waals surface area contributed by atoms with Crippen LogP contribution in [0.25, 0.3) is 11.0 Å². The molecular weight excluding hydrogens is 424 g/mol. The number of aryl methyl sites for hydroxylation is 2. The minimum absolute atomic E-state index is 0.0984. The second kappa shape index (κ2) is 9.55. The van der Waals surface area contributed by atoms with Gasteiger partial charge in [-0.15, -0.1) is 0 Å². The lowest BCUT2D eigenvalue weighted by atomic mass is 9.71. The van der Waals surface area contributed by atoms with Crippen LogP contribution in [0.3, 0.4) is 0 Å². The summed E-state index contributed by atoms with van der Waals surface area (Å²) in [6.07, 6.45) is 5.17. The quantitative estimate of drug-likeness (QED) is 0.646. The van der Waals surface area contributed by atoms with Gasteiger partial charge in [0.15, 0.2) is 6.61 Å². The number of ether oxygens (including phenoxy) is 1. The van der Waals surface area contributed by atoms with Crippen molar-refractivity contribution >= 4 is 22.8 Å². The highest BCUT2D eigenvalue weighted by Gasteiger charge is 2.43. The number of fused-ring (bicyclic) bond motifs is 2. The summed E-state index contributed by atoms with van der Waals surface area (Å²) in [5, 5.41) is 14.2. The standard InChI is InChI=1S/C25H32N2O6/c1-3-17-12-23(30)33-24-16(2)20(8-7-19(17)24)32-15-21(28)26-13-22(29)27-11-10-25(31)9-5-4-6-18(25)14-27/h7-8,12,18,31H,3-6,9-11,13-15H2,1-2H3,(H,26,28)/t18-,25-/m1/s1. The van der Waals surface area contributed by atoms with E-state index in [-0.39, 0.29) is 25.0 Å². The van der Waals surface area contributed by atoms with Crippen molar-refractivity contribution < 1.29 is 23.8 Å². The van der Waals surface area contributed by atoms with E-state index in [4.69, 9.17) is 9.15 Å². The van der Waals surface area contributed by atoms with Gasteiger partial charge in [-0.25, -0.2) is 4.79 Å². The van der Waals surface area contributed by atoms with Gasteiger partial charge in [0.05, 0.1) is 12.1 Å². The van der Waals surface area contributed by atoms with Gasteiger partial charge in [0.1, 0.15) is 11.3 Å². The molecular formula is C25H32N2O6. The van der Waals surface area contributed by atoms with E-state index >= 15 is 0 Å². The summed E-state index contributed by atoms with van der Waals surface area (Å²) in [6, 6.07) is 5.07. The Morgan fingerprint density at radius 1 is 1.30 bits per heavy atom. The number of carbonyl (C=O) groups is 2. The molecule has 2 heterocycles. The zero-order chi connectivity index (χ0) is 23.6. The lowest BCUT2D eigenvalue weighted by Crippen LogP contribution is -2.56. The van der Waals surface area contributed by atoms with Crippen molar-refractivity contribution in [3.63, 3.8) is 0 Å². The molecule has 178 valence electrons. The van der Waals surface area contributed by atoms with Crippen molar-refractivity contribution in [2.45, 2.75) is 58.0 Å². The average molecular weight is 457 g/mol. The highest BCUT2D eigenvalue weighted by molar-refractivity contribution is 5.86. The van der Waals surface area contributed by atoms with Crippen LogP contribution in [0.1, 0.15) is 50.2 Å².